The number of carboxylic acid groups (broad SMARTS) is 1. The number of carbonyl (C=O) groups excluding carboxylic acids is 1. The molecule has 8 heteroatoms. The number of hydrogen-bond donors (Lipinski definition) is 2. The van der Waals surface area contributed by atoms with E-state index in [9.17, 15) is 18.0 Å². The summed E-state index contributed by atoms with van der Waals surface area (Å²) in [6.07, 6.45) is 1.88. The zero-order valence-corrected chi connectivity index (χ0v) is 13.8. The minimum absolute atomic E-state index is 0.153. The van der Waals surface area contributed by atoms with Crippen LogP contribution in [0.25, 0.3) is 0 Å². The normalized spacial score (nSPS) is 12.6. The highest BCUT2D eigenvalue weighted by molar-refractivity contribution is 7.98. The Morgan fingerprint density at radius 1 is 1.27 bits per heavy atom. The van der Waals surface area contributed by atoms with E-state index in [2.05, 4.69) is 5.32 Å². The highest BCUT2D eigenvalue weighted by atomic mass is 32.2. The first-order chi connectivity index (χ1) is 10.4. The molecule has 0 saturated heterocycles. The van der Waals surface area contributed by atoms with Gasteiger partial charge in [0.25, 0.3) is 0 Å². The Kier molecular flexibility index (Phi) is 7.40. The number of sulfone groups is 1. The number of hydrogen-bond acceptors (Lipinski definition) is 5. The number of carbonyl (C=O) groups is 2. The molecule has 0 heterocycles. The van der Waals surface area contributed by atoms with Gasteiger partial charge in [-0.15, -0.1) is 0 Å². The van der Waals surface area contributed by atoms with Crippen molar-refractivity contribution < 1.29 is 23.1 Å². The van der Waals surface area contributed by atoms with Crippen LogP contribution in [-0.4, -0.2) is 49.2 Å². The maximum Gasteiger partial charge on any atom is 0.326 e. The van der Waals surface area contributed by atoms with Gasteiger partial charge in [0.1, 0.15) is 6.04 Å². The van der Waals surface area contributed by atoms with Gasteiger partial charge in [-0.1, -0.05) is 18.2 Å². The van der Waals surface area contributed by atoms with Crippen molar-refractivity contribution in [3.8, 4) is 0 Å². The fraction of sp³-hybridized carbons (Fsp3) is 0.429. The van der Waals surface area contributed by atoms with Crippen molar-refractivity contribution in [3.05, 3.63) is 30.3 Å². The summed E-state index contributed by atoms with van der Waals surface area (Å²) in [5.74, 6) is -1.45. The topological polar surface area (TPSA) is 101 Å². The van der Waals surface area contributed by atoms with E-state index < -0.39 is 27.8 Å². The molecule has 0 saturated carbocycles. The molecule has 1 rings (SSSR count). The fourth-order valence-electron chi connectivity index (χ4n) is 1.73. The molecule has 0 unspecified atom stereocenters. The fourth-order valence-corrected chi connectivity index (χ4v) is 3.47. The Morgan fingerprint density at radius 2 is 1.91 bits per heavy atom. The Labute approximate surface area is 134 Å². The zero-order chi connectivity index (χ0) is 16.6. The summed E-state index contributed by atoms with van der Waals surface area (Å²) in [5, 5.41) is 11.4. The van der Waals surface area contributed by atoms with Crippen LogP contribution in [0.1, 0.15) is 12.8 Å². The highest BCUT2D eigenvalue weighted by Gasteiger charge is 2.21. The van der Waals surface area contributed by atoms with Crippen LogP contribution >= 0.6 is 11.8 Å². The van der Waals surface area contributed by atoms with Gasteiger partial charge in [-0.05, 0) is 30.6 Å². The Bertz CT molecular complexity index is 601. The van der Waals surface area contributed by atoms with Crippen LogP contribution in [-0.2, 0) is 19.4 Å². The number of thioether (sulfide) groups is 1. The lowest BCUT2D eigenvalue weighted by molar-refractivity contribution is -0.141. The molecule has 1 aromatic rings. The van der Waals surface area contributed by atoms with Crippen LogP contribution in [0.5, 0.6) is 0 Å². The van der Waals surface area contributed by atoms with Crippen LogP contribution < -0.4 is 5.32 Å². The van der Waals surface area contributed by atoms with Crippen LogP contribution in [0.15, 0.2) is 35.2 Å². The van der Waals surface area contributed by atoms with Gasteiger partial charge in [-0.2, -0.15) is 11.8 Å². The molecule has 122 valence electrons. The number of rotatable bonds is 9. The third-order valence-corrected chi connectivity index (χ3v) is 5.32. The highest BCUT2D eigenvalue weighted by Crippen LogP contribution is 2.11. The van der Waals surface area contributed by atoms with Crippen molar-refractivity contribution >= 4 is 33.5 Å². The van der Waals surface area contributed by atoms with Crippen LogP contribution in [0, 0.1) is 0 Å². The summed E-state index contributed by atoms with van der Waals surface area (Å²) in [4.78, 5) is 22.9. The lowest BCUT2D eigenvalue weighted by Crippen LogP contribution is -2.41. The van der Waals surface area contributed by atoms with Crippen molar-refractivity contribution in [2.45, 2.75) is 23.8 Å². The molecule has 0 radical (unpaired) electrons. The molecule has 6 nitrogen and oxygen atoms in total. The Balaban J connectivity index is 2.56. The largest absolute Gasteiger partial charge is 0.480 e. The second-order valence-electron chi connectivity index (χ2n) is 4.62. The predicted molar refractivity (Wildman–Crippen MR) is 85.7 cm³/mol. The van der Waals surface area contributed by atoms with Crippen molar-refractivity contribution in [2.24, 2.45) is 0 Å². The van der Waals surface area contributed by atoms with Crippen LogP contribution in [0.3, 0.4) is 0 Å². The van der Waals surface area contributed by atoms with Crippen molar-refractivity contribution in [1.29, 1.82) is 0 Å². The van der Waals surface area contributed by atoms with Crippen LogP contribution in [0.4, 0.5) is 0 Å². The minimum Gasteiger partial charge on any atom is -0.480 e. The van der Waals surface area contributed by atoms with E-state index in [0.29, 0.717) is 12.2 Å². The summed E-state index contributed by atoms with van der Waals surface area (Å²) in [6.45, 7) is 0. The third-order valence-electron chi connectivity index (χ3n) is 2.94. The quantitative estimate of drug-likeness (QED) is 0.697. The molecule has 0 aliphatic rings. The molecule has 0 aliphatic carbocycles. The van der Waals surface area contributed by atoms with E-state index in [1.807, 2.05) is 6.26 Å². The molecule has 1 atom stereocenters. The van der Waals surface area contributed by atoms with Gasteiger partial charge in [0, 0.05) is 6.42 Å². The number of nitrogens with one attached hydrogen (secondary N) is 1. The summed E-state index contributed by atoms with van der Waals surface area (Å²) >= 11 is 1.48. The molecular weight excluding hydrogens is 326 g/mol. The summed E-state index contributed by atoms with van der Waals surface area (Å²) < 4.78 is 24.1. The standard InChI is InChI=1S/C14H19NO5S2/c1-21-9-7-12(14(17)18)15-13(16)8-10-22(19,20)11-5-3-2-4-6-11/h2-6,12H,7-10H2,1H3,(H,15,16)(H,17,18)/t12-/m0/s1. The monoisotopic (exact) mass is 345 g/mol. The average Bonchev–Trinajstić information content (AvgIpc) is 2.50. The Hall–Kier alpha value is -1.54. The maximum atomic E-state index is 12.0. The number of carboxylic acids is 1. The molecule has 1 amide bonds. The summed E-state index contributed by atoms with van der Waals surface area (Å²) in [5.41, 5.74) is 0. The predicted octanol–water partition coefficient (Wildman–Crippen LogP) is 1.17. The number of benzene rings is 1. The average molecular weight is 345 g/mol. The van der Waals surface area contributed by atoms with E-state index in [1.165, 1.54) is 23.9 Å². The van der Waals surface area contributed by atoms with Crippen molar-refractivity contribution in [1.82, 2.24) is 5.32 Å². The van der Waals surface area contributed by atoms with Gasteiger partial charge in [0.05, 0.1) is 10.6 Å². The first-order valence-electron chi connectivity index (χ1n) is 6.65. The van der Waals surface area contributed by atoms with Gasteiger partial charge in [0.15, 0.2) is 9.84 Å². The lowest BCUT2D eigenvalue weighted by atomic mass is 10.2. The molecule has 0 aliphatic heterocycles. The molecule has 2 N–H and O–H groups in total. The van der Waals surface area contributed by atoms with Gasteiger partial charge in [-0.3, -0.25) is 4.79 Å². The SMILES string of the molecule is CSCC[C@H](NC(=O)CCS(=O)(=O)c1ccccc1)C(=O)O. The molecule has 1 aromatic carbocycles. The second-order valence-corrected chi connectivity index (χ2v) is 7.72. The number of aliphatic carboxylic acids is 1. The van der Waals surface area contributed by atoms with Crippen molar-refractivity contribution in [3.63, 3.8) is 0 Å². The molecule has 0 bridgehead atoms. The Morgan fingerprint density at radius 3 is 2.45 bits per heavy atom. The van der Waals surface area contributed by atoms with Crippen molar-refractivity contribution in [2.75, 3.05) is 17.8 Å². The first kappa shape index (κ1) is 18.5. The molecule has 22 heavy (non-hydrogen) atoms. The maximum absolute atomic E-state index is 12.0. The molecule has 0 spiro atoms. The smallest absolute Gasteiger partial charge is 0.326 e. The van der Waals surface area contributed by atoms with Crippen LogP contribution in [0.2, 0.25) is 0 Å². The molecule has 0 aromatic heterocycles. The van der Waals surface area contributed by atoms with Gasteiger partial charge >= 0.3 is 5.97 Å². The summed E-state index contributed by atoms with van der Waals surface area (Å²) in [6, 6.07) is 6.86. The van der Waals surface area contributed by atoms with E-state index in [1.54, 1.807) is 18.2 Å². The van der Waals surface area contributed by atoms with E-state index in [-0.39, 0.29) is 17.1 Å². The lowest BCUT2D eigenvalue weighted by Gasteiger charge is -2.13. The molecule has 0 fully saturated rings. The van der Waals surface area contributed by atoms with E-state index in [0.717, 1.165) is 0 Å². The first-order valence-corrected chi connectivity index (χ1v) is 9.70. The van der Waals surface area contributed by atoms with Gasteiger partial charge in [-0.25, -0.2) is 13.2 Å². The third kappa shape index (κ3) is 6.07. The van der Waals surface area contributed by atoms with Gasteiger partial charge < -0.3 is 10.4 Å². The van der Waals surface area contributed by atoms with Gasteiger partial charge in [0.2, 0.25) is 5.91 Å². The van der Waals surface area contributed by atoms with E-state index >= 15 is 0 Å². The summed E-state index contributed by atoms with van der Waals surface area (Å²) in [7, 11) is -3.54. The second kappa shape index (κ2) is 8.79. The van der Waals surface area contributed by atoms with E-state index in [4.69, 9.17) is 5.11 Å². The molecular formula is C14H19NO5S2. The zero-order valence-electron chi connectivity index (χ0n) is 12.2. The minimum atomic E-state index is -3.54. The number of amides is 1.